The fraction of sp³-hybridized carbons (Fsp3) is 0.909. The number of hydroxylamine groups is 2. The Labute approximate surface area is 97.0 Å². The molecule has 1 atom stereocenters. The molecule has 0 radical (unpaired) electrons. The molecule has 0 saturated carbocycles. The van der Waals surface area contributed by atoms with E-state index in [1.165, 1.54) is 5.06 Å². The van der Waals surface area contributed by atoms with Gasteiger partial charge in [-0.2, -0.15) is 5.06 Å². The third kappa shape index (κ3) is 4.81. The quantitative estimate of drug-likeness (QED) is 0.731. The monoisotopic (exact) mass is 230 g/mol. The molecule has 0 aromatic rings. The van der Waals surface area contributed by atoms with Gasteiger partial charge < -0.3 is 10.1 Å². The van der Waals surface area contributed by atoms with Crippen molar-refractivity contribution in [1.82, 2.24) is 10.4 Å². The Morgan fingerprint density at radius 3 is 2.62 bits per heavy atom. The smallest absolute Gasteiger partial charge is 0.434 e. The highest BCUT2D eigenvalue weighted by Crippen LogP contribution is 2.12. The van der Waals surface area contributed by atoms with Crippen LogP contribution in [0.2, 0.25) is 0 Å². The first-order valence-electron chi connectivity index (χ1n) is 5.73. The Hall–Kier alpha value is -0.810. The molecule has 16 heavy (non-hydrogen) atoms. The van der Waals surface area contributed by atoms with Crippen LogP contribution in [0.5, 0.6) is 0 Å². The van der Waals surface area contributed by atoms with Crippen LogP contribution >= 0.6 is 0 Å². The molecule has 1 N–H and O–H groups in total. The van der Waals surface area contributed by atoms with E-state index in [2.05, 4.69) is 5.32 Å². The maximum Gasteiger partial charge on any atom is 0.434 e. The number of amides is 1. The summed E-state index contributed by atoms with van der Waals surface area (Å²) in [6, 6.07) is 0. The molecule has 1 saturated heterocycles. The molecule has 0 aromatic heterocycles. The van der Waals surface area contributed by atoms with Gasteiger partial charge in [-0.1, -0.05) is 0 Å². The summed E-state index contributed by atoms with van der Waals surface area (Å²) in [6.45, 7) is 7.31. The lowest BCUT2D eigenvalue weighted by atomic mass is 10.1. The highest BCUT2D eigenvalue weighted by molar-refractivity contribution is 5.66. The highest BCUT2D eigenvalue weighted by Gasteiger charge is 2.23. The standard InChI is InChI=1S/C11H22N2O3/c1-11(2,3)15-10(14)13(4)16-9-6-5-7-12-8-9/h9,12H,5-8H2,1-4H3. The minimum absolute atomic E-state index is 0.0614. The number of piperidine rings is 1. The second kappa shape index (κ2) is 5.50. The van der Waals surface area contributed by atoms with Gasteiger partial charge in [-0.25, -0.2) is 4.79 Å². The maximum atomic E-state index is 11.6. The van der Waals surface area contributed by atoms with Gasteiger partial charge in [0.05, 0.1) is 6.10 Å². The largest absolute Gasteiger partial charge is 0.442 e. The highest BCUT2D eigenvalue weighted by atomic mass is 16.7. The van der Waals surface area contributed by atoms with E-state index in [9.17, 15) is 4.79 Å². The summed E-state index contributed by atoms with van der Waals surface area (Å²) in [5.41, 5.74) is -0.487. The Morgan fingerprint density at radius 2 is 2.12 bits per heavy atom. The summed E-state index contributed by atoms with van der Waals surface area (Å²) in [5.74, 6) is 0. The summed E-state index contributed by atoms with van der Waals surface area (Å²) < 4.78 is 5.18. The molecule has 0 aromatic carbocycles. The molecule has 1 unspecified atom stereocenters. The van der Waals surface area contributed by atoms with Gasteiger partial charge in [0.25, 0.3) is 0 Å². The molecule has 0 aliphatic carbocycles. The van der Waals surface area contributed by atoms with Crippen molar-refractivity contribution in [3.63, 3.8) is 0 Å². The Kier molecular flexibility index (Phi) is 4.56. The number of rotatable bonds is 2. The van der Waals surface area contributed by atoms with E-state index < -0.39 is 11.7 Å². The van der Waals surface area contributed by atoms with E-state index in [0.29, 0.717) is 0 Å². The number of carbonyl (C=O) groups is 1. The van der Waals surface area contributed by atoms with Crippen LogP contribution in [0, 0.1) is 0 Å². The Morgan fingerprint density at radius 1 is 1.44 bits per heavy atom. The van der Waals surface area contributed by atoms with Gasteiger partial charge >= 0.3 is 6.09 Å². The van der Waals surface area contributed by atoms with Crippen molar-refractivity contribution in [2.75, 3.05) is 20.1 Å². The third-order valence-corrected chi connectivity index (χ3v) is 2.21. The first kappa shape index (κ1) is 13.3. The average Bonchev–Trinajstić information content (AvgIpc) is 2.16. The van der Waals surface area contributed by atoms with Crippen molar-refractivity contribution in [2.24, 2.45) is 0 Å². The van der Waals surface area contributed by atoms with Crippen LogP contribution in [-0.4, -0.2) is 43.0 Å². The van der Waals surface area contributed by atoms with Crippen LogP contribution in [0.15, 0.2) is 0 Å². The molecule has 1 heterocycles. The third-order valence-electron chi connectivity index (χ3n) is 2.21. The number of hydrogen-bond donors (Lipinski definition) is 1. The van der Waals surface area contributed by atoms with Gasteiger partial charge in [0.1, 0.15) is 5.60 Å². The van der Waals surface area contributed by atoms with Crippen molar-refractivity contribution < 1.29 is 14.4 Å². The van der Waals surface area contributed by atoms with Gasteiger partial charge in [-0.3, -0.25) is 4.84 Å². The summed E-state index contributed by atoms with van der Waals surface area (Å²) in [7, 11) is 1.59. The fourth-order valence-electron chi connectivity index (χ4n) is 1.50. The van der Waals surface area contributed by atoms with Gasteiger partial charge in [-0.15, -0.1) is 0 Å². The van der Waals surface area contributed by atoms with Crippen LogP contribution in [0.3, 0.4) is 0 Å². The van der Waals surface area contributed by atoms with E-state index >= 15 is 0 Å². The first-order valence-corrected chi connectivity index (χ1v) is 5.73. The van der Waals surface area contributed by atoms with Gasteiger partial charge in [0, 0.05) is 13.6 Å². The number of carbonyl (C=O) groups excluding carboxylic acids is 1. The van der Waals surface area contributed by atoms with E-state index in [0.717, 1.165) is 25.9 Å². The zero-order valence-electron chi connectivity index (χ0n) is 10.6. The summed E-state index contributed by atoms with van der Waals surface area (Å²) in [5, 5.41) is 4.41. The molecule has 0 bridgehead atoms. The molecule has 94 valence electrons. The summed E-state index contributed by atoms with van der Waals surface area (Å²) in [4.78, 5) is 17.1. The number of nitrogens with zero attached hydrogens (tertiary/aromatic N) is 1. The normalized spacial score (nSPS) is 21.6. The SMILES string of the molecule is CN(OC1CCCNC1)C(=O)OC(C)(C)C. The van der Waals surface area contributed by atoms with Crippen LogP contribution in [-0.2, 0) is 9.57 Å². The lowest BCUT2D eigenvalue weighted by molar-refractivity contribution is -0.170. The van der Waals surface area contributed by atoms with E-state index in [4.69, 9.17) is 9.57 Å². The topological polar surface area (TPSA) is 50.8 Å². The average molecular weight is 230 g/mol. The van der Waals surface area contributed by atoms with E-state index in [1.807, 2.05) is 20.8 Å². The molecule has 0 spiro atoms. The van der Waals surface area contributed by atoms with Crippen molar-refractivity contribution in [3.8, 4) is 0 Å². The van der Waals surface area contributed by atoms with Gasteiger partial charge in [-0.05, 0) is 40.2 Å². The number of hydrogen-bond acceptors (Lipinski definition) is 4. The molecule has 5 nitrogen and oxygen atoms in total. The molecular weight excluding hydrogens is 208 g/mol. The molecular formula is C11H22N2O3. The molecule has 1 aliphatic heterocycles. The molecule has 1 fully saturated rings. The molecule has 1 amide bonds. The van der Waals surface area contributed by atoms with Crippen LogP contribution < -0.4 is 5.32 Å². The van der Waals surface area contributed by atoms with Crippen molar-refractivity contribution in [2.45, 2.75) is 45.3 Å². The van der Waals surface area contributed by atoms with Crippen molar-refractivity contribution in [1.29, 1.82) is 0 Å². The van der Waals surface area contributed by atoms with Crippen LogP contribution in [0.25, 0.3) is 0 Å². The second-order valence-electron chi connectivity index (χ2n) is 5.05. The predicted octanol–water partition coefficient (Wildman–Crippen LogP) is 1.54. The maximum absolute atomic E-state index is 11.6. The minimum atomic E-state index is -0.487. The Balaban J connectivity index is 2.33. The zero-order valence-corrected chi connectivity index (χ0v) is 10.6. The van der Waals surface area contributed by atoms with Crippen LogP contribution in [0.4, 0.5) is 4.79 Å². The van der Waals surface area contributed by atoms with E-state index in [-0.39, 0.29) is 6.10 Å². The lowest BCUT2D eigenvalue weighted by Crippen LogP contribution is -2.42. The predicted molar refractivity (Wildman–Crippen MR) is 61.0 cm³/mol. The van der Waals surface area contributed by atoms with Crippen molar-refractivity contribution >= 4 is 6.09 Å². The number of nitrogens with one attached hydrogen (secondary N) is 1. The Bertz CT molecular complexity index is 232. The lowest BCUT2D eigenvalue weighted by Gasteiger charge is -2.29. The van der Waals surface area contributed by atoms with Gasteiger partial charge in [0.15, 0.2) is 0 Å². The fourth-order valence-corrected chi connectivity index (χ4v) is 1.50. The minimum Gasteiger partial charge on any atom is -0.442 e. The molecule has 1 rings (SSSR count). The molecule has 1 aliphatic rings. The van der Waals surface area contributed by atoms with Crippen LogP contribution in [0.1, 0.15) is 33.6 Å². The zero-order chi connectivity index (χ0) is 12.2. The van der Waals surface area contributed by atoms with Crippen molar-refractivity contribution in [3.05, 3.63) is 0 Å². The van der Waals surface area contributed by atoms with E-state index in [1.54, 1.807) is 7.05 Å². The summed E-state index contributed by atoms with van der Waals surface area (Å²) in [6.07, 6.45) is 1.66. The summed E-state index contributed by atoms with van der Waals surface area (Å²) >= 11 is 0. The first-order chi connectivity index (χ1) is 7.38. The second-order valence-corrected chi connectivity index (χ2v) is 5.05. The number of ether oxygens (including phenoxy) is 1. The van der Waals surface area contributed by atoms with Gasteiger partial charge in [0.2, 0.25) is 0 Å². The molecule has 5 heteroatoms.